The summed E-state index contributed by atoms with van der Waals surface area (Å²) >= 11 is 0. The molecular formula is C90H60N2. The molecule has 2 aromatic heterocycles. The van der Waals surface area contributed by atoms with Gasteiger partial charge in [-0.1, -0.05) is 280 Å². The highest BCUT2D eigenvalue weighted by atomic mass is 15.0. The molecule has 0 saturated heterocycles. The molecule has 2 heteroatoms. The van der Waals surface area contributed by atoms with Crippen molar-refractivity contribution in [1.29, 1.82) is 0 Å². The van der Waals surface area contributed by atoms with Crippen LogP contribution in [0.2, 0.25) is 0 Å². The molecule has 0 fully saturated rings. The maximum absolute atomic E-state index is 4.08. The van der Waals surface area contributed by atoms with Crippen molar-refractivity contribution in [2.45, 2.75) is 10.8 Å². The molecule has 2 aliphatic rings. The predicted octanol–water partition coefficient (Wildman–Crippen LogP) is 22.9. The highest BCUT2D eigenvalue weighted by Gasteiger charge is 2.48. The Morgan fingerprint density at radius 1 is 0.228 bits per heavy atom. The van der Waals surface area contributed by atoms with Gasteiger partial charge in [0.25, 0.3) is 0 Å². The molecule has 2 aliphatic carbocycles. The van der Waals surface area contributed by atoms with E-state index in [4.69, 9.17) is 0 Å². The number of fused-ring (bicyclic) bond motifs is 12. The van der Waals surface area contributed by atoms with E-state index in [2.05, 4.69) is 350 Å². The van der Waals surface area contributed by atoms with Crippen molar-refractivity contribution in [1.82, 2.24) is 9.13 Å². The Labute approximate surface area is 535 Å². The van der Waals surface area contributed by atoms with Crippen molar-refractivity contribution in [3.8, 4) is 67.0 Å². The van der Waals surface area contributed by atoms with E-state index >= 15 is 0 Å². The second kappa shape index (κ2) is 20.9. The van der Waals surface area contributed by atoms with Gasteiger partial charge in [-0.05, 0) is 184 Å². The van der Waals surface area contributed by atoms with E-state index in [9.17, 15) is 0 Å². The van der Waals surface area contributed by atoms with Gasteiger partial charge < -0.3 is 9.13 Å². The third-order valence-electron chi connectivity index (χ3n) is 20.2. The third-order valence-corrected chi connectivity index (χ3v) is 20.2. The lowest BCUT2D eigenvalue weighted by atomic mass is 9.67. The van der Waals surface area contributed by atoms with Crippen LogP contribution in [0, 0.1) is 0 Å². The Morgan fingerprint density at radius 3 is 1.00 bits per heavy atom. The number of nitrogens with zero attached hydrogens (tertiary/aromatic N) is 2. The van der Waals surface area contributed by atoms with Crippen LogP contribution in [0.5, 0.6) is 0 Å². The zero-order valence-electron chi connectivity index (χ0n) is 50.6. The highest BCUT2D eigenvalue weighted by Crippen LogP contribution is 2.59. The van der Waals surface area contributed by atoms with Crippen molar-refractivity contribution >= 4 is 55.8 Å². The lowest BCUT2D eigenvalue weighted by Crippen LogP contribution is -2.28. The first-order valence-corrected chi connectivity index (χ1v) is 31.9. The summed E-state index contributed by atoms with van der Waals surface area (Å²) in [5.74, 6) is 0. The van der Waals surface area contributed by atoms with Crippen molar-refractivity contribution in [3.05, 3.63) is 396 Å². The first kappa shape index (κ1) is 53.2. The maximum atomic E-state index is 4.08. The summed E-state index contributed by atoms with van der Waals surface area (Å²) in [6.07, 6.45) is 3.85. The van der Waals surface area contributed by atoms with Crippen molar-refractivity contribution < 1.29 is 0 Å². The monoisotopic (exact) mass is 1170 g/mol. The minimum Gasteiger partial charge on any atom is -0.309 e. The van der Waals surface area contributed by atoms with Crippen molar-refractivity contribution in [2.75, 3.05) is 0 Å². The Kier molecular flexibility index (Phi) is 12.1. The quantitative estimate of drug-likeness (QED) is 0.122. The molecule has 0 bridgehead atoms. The van der Waals surface area contributed by atoms with Crippen LogP contribution in [0.15, 0.2) is 341 Å². The van der Waals surface area contributed by atoms with Gasteiger partial charge in [-0.25, -0.2) is 0 Å². The van der Waals surface area contributed by atoms with E-state index in [0.29, 0.717) is 0 Å². The summed E-state index contributed by atoms with van der Waals surface area (Å²) in [6.45, 7) is 8.16. The van der Waals surface area contributed by atoms with Gasteiger partial charge in [-0.15, -0.1) is 0 Å². The molecule has 16 aromatic rings. The lowest BCUT2D eigenvalue weighted by molar-refractivity contribution is 0.768. The molecule has 2 unspecified atom stereocenters. The third kappa shape index (κ3) is 7.81. The smallest absolute Gasteiger partial charge is 0.0713 e. The van der Waals surface area contributed by atoms with Gasteiger partial charge in [-0.3, -0.25) is 0 Å². The van der Waals surface area contributed by atoms with E-state index in [0.717, 1.165) is 33.6 Å². The molecule has 92 heavy (non-hydrogen) atoms. The molecule has 430 valence electrons. The van der Waals surface area contributed by atoms with Crippen LogP contribution >= 0.6 is 0 Å². The standard InChI is InChI=1S/C90H60N2/c1-3-59-37-45-69(46-38-59)89(67-23-7-5-8-24-67)81-33-15-11-29-73(81)75-49-41-65(57-83(75)89)61-21-19-27-71(53-61)91-85-35-17-13-31-77(85)79-55-63(43-51-87(79)91)64-44-52-88-80(56-64)78-32-14-18-36-86(78)92(88)72-28-20-22-62(54-72)66-42-50-76-74-30-12-16-34-82(74)90(84(76)58-66,68-25-9-6-10-26-68)70-47-39-60(4-2)40-48-70/h3-58H,1-2H2. The summed E-state index contributed by atoms with van der Waals surface area (Å²) < 4.78 is 4.90. The lowest BCUT2D eigenvalue weighted by Gasteiger charge is -2.34. The van der Waals surface area contributed by atoms with Crippen LogP contribution in [0.25, 0.3) is 123 Å². The van der Waals surface area contributed by atoms with Gasteiger partial charge in [-0.2, -0.15) is 0 Å². The van der Waals surface area contributed by atoms with Crippen LogP contribution < -0.4 is 0 Å². The number of aromatic nitrogens is 2. The molecular weight excluding hydrogens is 1110 g/mol. The molecule has 0 spiro atoms. The number of hydrogen-bond acceptors (Lipinski definition) is 0. The highest BCUT2D eigenvalue weighted by molar-refractivity contribution is 6.13. The SMILES string of the molecule is C=Cc1ccc(C2(c3ccccc3)c3ccccc3-c3ccc(-c4cccc(-n5c6ccccc6c6cc(-c7ccc8c(c7)c7ccccc7n8-c7cccc(-c8ccc9c(c8)C(c8ccccc8)(c8ccc(C=C)cc8)c8ccccc8-9)c7)ccc65)c4)cc32)cc1. The minimum atomic E-state index is -0.517. The molecule has 2 nitrogen and oxygen atoms in total. The summed E-state index contributed by atoms with van der Waals surface area (Å²) in [5.41, 5.74) is 30.4. The predicted molar refractivity (Wildman–Crippen MR) is 386 cm³/mol. The van der Waals surface area contributed by atoms with E-state index in [1.54, 1.807) is 0 Å². The number of benzene rings is 14. The molecule has 2 atom stereocenters. The van der Waals surface area contributed by atoms with Crippen molar-refractivity contribution in [3.63, 3.8) is 0 Å². The fourth-order valence-corrected chi connectivity index (χ4v) is 16.1. The molecule has 14 aromatic carbocycles. The minimum absolute atomic E-state index is 0.517. The molecule has 18 rings (SSSR count). The molecule has 0 aliphatic heterocycles. The Balaban J connectivity index is 0.721. The summed E-state index contributed by atoms with van der Waals surface area (Å²) in [7, 11) is 0. The van der Waals surface area contributed by atoms with E-state index in [-0.39, 0.29) is 0 Å². The number of para-hydroxylation sites is 2. The zero-order chi connectivity index (χ0) is 61.1. The molecule has 0 radical (unpaired) electrons. The fourth-order valence-electron chi connectivity index (χ4n) is 16.1. The van der Waals surface area contributed by atoms with Gasteiger partial charge >= 0.3 is 0 Å². The second-order valence-electron chi connectivity index (χ2n) is 24.8. The Morgan fingerprint density at radius 2 is 0.565 bits per heavy atom. The number of rotatable bonds is 11. The van der Waals surface area contributed by atoms with Crippen LogP contribution in [0.3, 0.4) is 0 Å². The Hall–Kier alpha value is -11.8. The Bertz CT molecular complexity index is 5310. The van der Waals surface area contributed by atoms with Gasteiger partial charge in [0.15, 0.2) is 0 Å². The van der Waals surface area contributed by atoms with Gasteiger partial charge in [0.2, 0.25) is 0 Å². The molecule has 2 heterocycles. The zero-order valence-corrected chi connectivity index (χ0v) is 50.6. The van der Waals surface area contributed by atoms with Gasteiger partial charge in [0.05, 0.1) is 32.9 Å². The van der Waals surface area contributed by atoms with Crippen LogP contribution in [-0.2, 0) is 10.8 Å². The molecule has 0 N–H and O–H groups in total. The second-order valence-corrected chi connectivity index (χ2v) is 24.8. The van der Waals surface area contributed by atoms with Crippen LogP contribution in [0.1, 0.15) is 55.6 Å². The van der Waals surface area contributed by atoms with Crippen LogP contribution in [-0.4, -0.2) is 9.13 Å². The summed E-state index contributed by atoms with van der Waals surface area (Å²) in [6, 6.07) is 122. The van der Waals surface area contributed by atoms with E-state index in [1.165, 1.54) is 133 Å². The molecule has 0 amide bonds. The average molecular weight is 1170 g/mol. The first-order chi connectivity index (χ1) is 45.5. The maximum Gasteiger partial charge on any atom is 0.0713 e. The average Bonchev–Trinajstić information content (AvgIpc) is 1.54. The van der Waals surface area contributed by atoms with E-state index < -0.39 is 10.8 Å². The first-order valence-electron chi connectivity index (χ1n) is 31.9. The normalized spacial score (nSPS) is 15.3. The number of hydrogen-bond donors (Lipinski definition) is 0. The summed E-state index contributed by atoms with van der Waals surface area (Å²) in [4.78, 5) is 0. The van der Waals surface area contributed by atoms with Gasteiger partial charge in [0.1, 0.15) is 0 Å². The van der Waals surface area contributed by atoms with E-state index in [1.807, 2.05) is 12.2 Å². The molecule has 0 saturated carbocycles. The fraction of sp³-hybridized carbons (Fsp3) is 0.0222. The van der Waals surface area contributed by atoms with Crippen molar-refractivity contribution in [2.24, 2.45) is 0 Å². The van der Waals surface area contributed by atoms with Gasteiger partial charge in [0, 0.05) is 32.9 Å². The van der Waals surface area contributed by atoms with Crippen LogP contribution in [0.4, 0.5) is 0 Å². The summed E-state index contributed by atoms with van der Waals surface area (Å²) in [5, 5.41) is 4.88. The topological polar surface area (TPSA) is 9.86 Å². The largest absolute Gasteiger partial charge is 0.309 e.